The van der Waals surface area contributed by atoms with Gasteiger partial charge in [0.15, 0.2) is 5.78 Å². The molecule has 2 rings (SSSR count). The van der Waals surface area contributed by atoms with Gasteiger partial charge in [-0.1, -0.05) is 0 Å². The van der Waals surface area contributed by atoms with Crippen LogP contribution in [0.4, 0.5) is 0 Å². The Morgan fingerprint density at radius 2 is 1.94 bits per heavy atom. The van der Waals surface area contributed by atoms with E-state index in [0.29, 0.717) is 16.9 Å². The number of methoxy groups -OCH3 is 1. The molecule has 80 valence electrons. The molecule has 0 spiro atoms. The maximum Gasteiger partial charge on any atom is 0.199 e. The summed E-state index contributed by atoms with van der Waals surface area (Å²) in [6.07, 6.45) is 7.35. The van der Waals surface area contributed by atoms with E-state index in [1.807, 2.05) is 0 Å². The standard InChI is InChI=1S/C11H9N3O2/c1-16-10-6-12-3-2-9(10)11(15)8-4-13-7-14-5-8/h2-7H,1H3. The first-order valence-corrected chi connectivity index (χ1v) is 4.60. The number of hydrogen-bond donors (Lipinski definition) is 0. The maximum absolute atomic E-state index is 12.0. The van der Waals surface area contributed by atoms with Gasteiger partial charge in [0, 0.05) is 18.6 Å². The van der Waals surface area contributed by atoms with Crippen LogP contribution in [0.1, 0.15) is 15.9 Å². The normalized spacial score (nSPS) is 9.81. The van der Waals surface area contributed by atoms with Gasteiger partial charge in [0.05, 0.1) is 24.4 Å². The number of carbonyl (C=O) groups excluding carboxylic acids is 1. The average Bonchev–Trinajstić information content (AvgIpc) is 2.39. The highest BCUT2D eigenvalue weighted by molar-refractivity contribution is 6.10. The zero-order valence-corrected chi connectivity index (χ0v) is 8.62. The monoisotopic (exact) mass is 215 g/mol. The number of nitrogens with zero attached hydrogens (tertiary/aromatic N) is 3. The molecule has 2 heterocycles. The predicted octanol–water partition coefficient (Wildman–Crippen LogP) is 1.11. The van der Waals surface area contributed by atoms with Crippen LogP contribution in [-0.4, -0.2) is 27.8 Å². The summed E-state index contributed by atoms with van der Waals surface area (Å²) in [5.74, 6) is 0.260. The third-order valence-electron chi connectivity index (χ3n) is 2.07. The van der Waals surface area contributed by atoms with E-state index in [0.717, 1.165) is 0 Å². The second-order valence-corrected chi connectivity index (χ2v) is 3.03. The molecule has 2 aromatic heterocycles. The van der Waals surface area contributed by atoms with Crippen LogP contribution < -0.4 is 4.74 Å². The van der Waals surface area contributed by atoms with E-state index in [4.69, 9.17) is 4.74 Å². The zero-order valence-electron chi connectivity index (χ0n) is 8.62. The van der Waals surface area contributed by atoms with Gasteiger partial charge in [-0.3, -0.25) is 9.78 Å². The van der Waals surface area contributed by atoms with Gasteiger partial charge in [-0.05, 0) is 6.07 Å². The summed E-state index contributed by atoms with van der Waals surface area (Å²) < 4.78 is 5.06. The van der Waals surface area contributed by atoms with Crippen molar-refractivity contribution in [3.05, 3.63) is 48.3 Å². The minimum atomic E-state index is -0.181. The van der Waals surface area contributed by atoms with Crippen molar-refractivity contribution in [2.45, 2.75) is 0 Å². The topological polar surface area (TPSA) is 65.0 Å². The fourth-order valence-corrected chi connectivity index (χ4v) is 1.30. The highest BCUT2D eigenvalue weighted by atomic mass is 16.5. The summed E-state index contributed by atoms with van der Waals surface area (Å²) in [5.41, 5.74) is 0.874. The molecule has 0 aliphatic rings. The Bertz CT molecular complexity index is 500. The highest BCUT2D eigenvalue weighted by Crippen LogP contribution is 2.18. The summed E-state index contributed by atoms with van der Waals surface area (Å²) in [4.78, 5) is 23.5. The van der Waals surface area contributed by atoms with Gasteiger partial charge in [0.2, 0.25) is 0 Å². The van der Waals surface area contributed by atoms with Gasteiger partial charge in [-0.15, -0.1) is 0 Å². The minimum Gasteiger partial charge on any atom is -0.494 e. The zero-order chi connectivity index (χ0) is 11.4. The van der Waals surface area contributed by atoms with Crippen LogP contribution in [0.3, 0.4) is 0 Å². The Kier molecular flexibility index (Phi) is 2.86. The average molecular weight is 215 g/mol. The number of ether oxygens (including phenoxy) is 1. The second kappa shape index (κ2) is 4.48. The van der Waals surface area contributed by atoms with Crippen molar-refractivity contribution in [3.63, 3.8) is 0 Å². The summed E-state index contributed by atoms with van der Waals surface area (Å²) in [6.45, 7) is 0. The predicted molar refractivity (Wildman–Crippen MR) is 56.3 cm³/mol. The lowest BCUT2D eigenvalue weighted by molar-refractivity contribution is 0.103. The van der Waals surface area contributed by atoms with Gasteiger partial charge < -0.3 is 4.74 Å². The maximum atomic E-state index is 12.0. The fourth-order valence-electron chi connectivity index (χ4n) is 1.30. The van der Waals surface area contributed by atoms with Crippen LogP contribution >= 0.6 is 0 Å². The SMILES string of the molecule is COc1cnccc1C(=O)c1cncnc1. The number of aromatic nitrogens is 3. The molecule has 0 aromatic carbocycles. The molecule has 0 aliphatic heterocycles. The molecular weight excluding hydrogens is 206 g/mol. The van der Waals surface area contributed by atoms with Crippen LogP contribution in [0.5, 0.6) is 5.75 Å². The Labute approximate surface area is 92.2 Å². The van der Waals surface area contributed by atoms with Gasteiger partial charge in [-0.2, -0.15) is 0 Å². The second-order valence-electron chi connectivity index (χ2n) is 3.03. The summed E-state index contributed by atoms with van der Waals surface area (Å²) in [5, 5.41) is 0. The Balaban J connectivity index is 2.42. The molecule has 0 saturated heterocycles. The van der Waals surface area contributed by atoms with Crippen molar-refractivity contribution >= 4 is 5.78 Å². The van der Waals surface area contributed by atoms with Gasteiger partial charge in [0.25, 0.3) is 0 Å². The fraction of sp³-hybridized carbons (Fsp3) is 0.0909. The molecule has 2 aromatic rings. The summed E-state index contributed by atoms with van der Waals surface area (Å²) in [6, 6.07) is 1.61. The number of pyridine rings is 1. The van der Waals surface area contributed by atoms with E-state index in [-0.39, 0.29) is 5.78 Å². The van der Waals surface area contributed by atoms with Crippen molar-refractivity contribution in [1.82, 2.24) is 15.0 Å². The molecule has 0 unspecified atom stereocenters. The van der Waals surface area contributed by atoms with Crippen molar-refractivity contribution in [2.24, 2.45) is 0 Å². The molecule has 0 atom stereocenters. The highest BCUT2D eigenvalue weighted by Gasteiger charge is 2.14. The van der Waals surface area contributed by atoms with Crippen molar-refractivity contribution in [3.8, 4) is 5.75 Å². The van der Waals surface area contributed by atoms with Gasteiger partial charge in [-0.25, -0.2) is 9.97 Å². The van der Waals surface area contributed by atoms with E-state index >= 15 is 0 Å². The first-order valence-electron chi connectivity index (χ1n) is 4.60. The first kappa shape index (κ1) is 10.2. The molecule has 0 amide bonds. The van der Waals surface area contributed by atoms with E-state index < -0.39 is 0 Å². The molecule has 0 radical (unpaired) electrons. The molecule has 0 aliphatic carbocycles. The number of rotatable bonds is 3. The molecule has 0 fully saturated rings. The Morgan fingerprint density at radius 3 is 2.62 bits per heavy atom. The van der Waals surface area contributed by atoms with Gasteiger partial charge in [0.1, 0.15) is 12.1 Å². The van der Waals surface area contributed by atoms with Crippen LogP contribution in [-0.2, 0) is 0 Å². The molecule has 0 saturated carbocycles. The quantitative estimate of drug-likeness (QED) is 0.717. The van der Waals surface area contributed by atoms with Crippen molar-refractivity contribution < 1.29 is 9.53 Å². The summed E-state index contributed by atoms with van der Waals surface area (Å²) in [7, 11) is 1.50. The minimum absolute atomic E-state index is 0.181. The van der Waals surface area contributed by atoms with E-state index in [9.17, 15) is 4.79 Å². The van der Waals surface area contributed by atoms with Gasteiger partial charge >= 0.3 is 0 Å². The molecule has 0 bridgehead atoms. The lowest BCUT2D eigenvalue weighted by Gasteiger charge is -2.05. The van der Waals surface area contributed by atoms with E-state index in [2.05, 4.69) is 15.0 Å². The third kappa shape index (κ3) is 1.88. The third-order valence-corrected chi connectivity index (χ3v) is 2.07. The number of ketones is 1. The van der Waals surface area contributed by atoms with Crippen molar-refractivity contribution in [2.75, 3.05) is 7.11 Å². The summed E-state index contributed by atoms with van der Waals surface area (Å²) >= 11 is 0. The molecule has 0 N–H and O–H groups in total. The smallest absolute Gasteiger partial charge is 0.199 e. The largest absolute Gasteiger partial charge is 0.494 e. The number of carbonyl (C=O) groups is 1. The van der Waals surface area contributed by atoms with Crippen molar-refractivity contribution in [1.29, 1.82) is 0 Å². The lowest BCUT2D eigenvalue weighted by atomic mass is 10.1. The van der Waals surface area contributed by atoms with Crippen LogP contribution in [0.25, 0.3) is 0 Å². The molecular formula is C11H9N3O2. The Morgan fingerprint density at radius 1 is 1.19 bits per heavy atom. The van der Waals surface area contributed by atoms with Crippen LogP contribution in [0.2, 0.25) is 0 Å². The van der Waals surface area contributed by atoms with E-state index in [1.54, 1.807) is 12.3 Å². The van der Waals surface area contributed by atoms with Crippen LogP contribution in [0.15, 0.2) is 37.2 Å². The molecule has 5 nitrogen and oxygen atoms in total. The first-order chi connectivity index (χ1) is 7.83. The molecule has 16 heavy (non-hydrogen) atoms. The van der Waals surface area contributed by atoms with Crippen LogP contribution in [0, 0.1) is 0 Å². The van der Waals surface area contributed by atoms with E-state index in [1.165, 1.54) is 32.0 Å². The lowest BCUT2D eigenvalue weighted by Crippen LogP contribution is -2.05. The number of hydrogen-bond acceptors (Lipinski definition) is 5. The molecule has 5 heteroatoms. The Hall–Kier alpha value is -2.30.